The molecule has 29 heavy (non-hydrogen) atoms. The van der Waals surface area contributed by atoms with E-state index in [1.54, 1.807) is 4.90 Å². The number of aromatic nitrogens is 1. The molecule has 1 saturated carbocycles. The molecule has 0 radical (unpaired) electrons. The number of nitrogens with one attached hydrogen (secondary N) is 1. The van der Waals surface area contributed by atoms with Gasteiger partial charge in [0.1, 0.15) is 5.54 Å². The quantitative estimate of drug-likeness (QED) is 0.731. The third kappa shape index (κ3) is 3.50. The van der Waals surface area contributed by atoms with Gasteiger partial charge in [0, 0.05) is 19.0 Å². The van der Waals surface area contributed by atoms with E-state index in [2.05, 4.69) is 10.3 Å². The molecule has 4 amide bonds. The molecule has 2 aromatic rings. The first kappa shape index (κ1) is 19.8. The van der Waals surface area contributed by atoms with Crippen LogP contribution in [0.4, 0.5) is 9.93 Å². The van der Waals surface area contributed by atoms with Gasteiger partial charge in [0.15, 0.2) is 5.13 Å². The standard InChI is InChI=1S/C21H26N4O3S/c1-3-14(2)25(20-22-15-8-4-5-9-16(15)29-20)17(26)10-13-24-18(27)21(23-19(24)28)11-6-7-12-21/h4-5,8-9,14H,3,6-7,10-13H2,1-2H3,(H,23,28)/t14-/m1/s1. The lowest BCUT2D eigenvalue weighted by Crippen LogP contribution is -2.44. The Labute approximate surface area is 174 Å². The van der Waals surface area contributed by atoms with E-state index in [0.717, 1.165) is 29.5 Å². The van der Waals surface area contributed by atoms with Gasteiger partial charge in [0.2, 0.25) is 5.91 Å². The van der Waals surface area contributed by atoms with Crippen molar-refractivity contribution in [1.82, 2.24) is 15.2 Å². The second-order valence-corrected chi connectivity index (χ2v) is 8.92. The maximum Gasteiger partial charge on any atom is 0.325 e. The third-order valence-electron chi connectivity index (χ3n) is 6.04. The summed E-state index contributed by atoms with van der Waals surface area (Å²) < 4.78 is 1.03. The Hall–Kier alpha value is -2.48. The zero-order chi connectivity index (χ0) is 20.6. The smallest absolute Gasteiger partial charge is 0.323 e. The Morgan fingerprint density at radius 2 is 2.03 bits per heavy atom. The molecule has 2 fully saturated rings. The number of hydrogen-bond acceptors (Lipinski definition) is 5. The highest BCUT2D eigenvalue weighted by Gasteiger charge is 2.52. The molecule has 1 spiro atoms. The molecular formula is C21H26N4O3S. The van der Waals surface area contributed by atoms with Crippen molar-refractivity contribution in [2.75, 3.05) is 11.4 Å². The number of carbonyl (C=O) groups excluding carboxylic acids is 3. The molecule has 1 aromatic heterocycles. The highest BCUT2D eigenvalue weighted by molar-refractivity contribution is 7.22. The van der Waals surface area contributed by atoms with E-state index in [0.29, 0.717) is 18.0 Å². The molecule has 0 bridgehead atoms. The molecule has 1 atom stereocenters. The van der Waals surface area contributed by atoms with Gasteiger partial charge in [-0.05, 0) is 38.3 Å². The van der Waals surface area contributed by atoms with Gasteiger partial charge in [-0.1, -0.05) is 43.2 Å². The van der Waals surface area contributed by atoms with Gasteiger partial charge in [-0.25, -0.2) is 9.78 Å². The van der Waals surface area contributed by atoms with E-state index >= 15 is 0 Å². The van der Waals surface area contributed by atoms with Crippen molar-refractivity contribution in [3.8, 4) is 0 Å². The van der Waals surface area contributed by atoms with Gasteiger partial charge in [-0.15, -0.1) is 0 Å². The van der Waals surface area contributed by atoms with E-state index in [1.165, 1.54) is 16.2 Å². The number of imide groups is 1. The van der Waals surface area contributed by atoms with Crippen LogP contribution in [-0.2, 0) is 9.59 Å². The molecule has 7 nitrogen and oxygen atoms in total. The SMILES string of the molecule is CC[C@@H](C)N(C(=O)CCN1C(=O)NC2(CCCC2)C1=O)c1nc2ccccc2s1. The van der Waals surface area contributed by atoms with Crippen LogP contribution >= 0.6 is 11.3 Å². The number of carbonyl (C=O) groups is 3. The van der Waals surface area contributed by atoms with Crippen molar-refractivity contribution in [3.63, 3.8) is 0 Å². The predicted molar refractivity (Wildman–Crippen MR) is 113 cm³/mol. The minimum Gasteiger partial charge on any atom is -0.323 e. The summed E-state index contributed by atoms with van der Waals surface area (Å²) in [4.78, 5) is 45.9. The lowest BCUT2D eigenvalue weighted by Gasteiger charge is -2.27. The Morgan fingerprint density at radius 1 is 1.31 bits per heavy atom. The number of urea groups is 1. The van der Waals surface area contributed by atoms with Crippen LogP contribution in [0.2, 0.25) is 0 Å². The monoisotopic (exact) mass is 414 g/mol. The highest BCUT2D eigenvalue weighted by atomic mass is 32.1. The molecule has 2 heterocycles. The number of fused-ring (bicyclic) bond motifs is 1. The number of amides is 4. The molecule has 2 aliphatic rings. The van der Waals surface area contributed by atoms with Gasteiger partial charge < -0.3 is 5.32 Å². The molecule has 1 N–H and O–H groups in total. The van der Waals surface area contributed by atoms with Crippen molar-refractivity contribution in [2.24, 2.45) is 0 Å². The number of anilines is 1. The van der Waals surface area contributed by atoms with E-state index in [-0.39, 0.29) is 36.9 Å². The predicted octanol–water partition coefficient (Wildman–Crippen LogP) is 3.68. The van der Waals surface area contributed by atoms with Gasteiger partial charge in [0.05, 0.1) is 10.2 Å². The lowest BCUT2D eigenvalue weighted by atomic mass is 9.98. The first-order chi connectivity index (χ1) is 13.9. The van der Waals surface area contributed by atoms with E-state index in [4.69, 9.17) is 0 Å². The maximum absolute atomic E-state index is 13.1. The molecular weight excluding hydrogens is 388 g/mol. The fraction of sp³-hybridized carbons (Fsp3) is 0.524. The fourth-order valence-corrected chi connectivity index (χ4v) is 5.30. The number of para-hydroxylation sites is 1. The Bertz CT molecular complexity index is 917. The number of rotatable bonds is 6. The normalized spacial score (nSPS) is 19.2. The molecule has 0 unspecified atom stereocenters. The summed E-state index contributed by atoms with van der Waals surface area (Å²) in [6, 6.07) is 7.41. The van der Waals surface area contributed by atoms with Crippen molar-refractivity contribution in [1.29, 1.82) is 0 Å². The first-order valence-electron chi connectivity index (χ1n) is 10.3. The molecule has 1 aliphatic heterocycles. The van der Waals surface area contributed by atoms with Crippen molar-refractivity contribution in [2.45, 2.75) is 64.0 Å². The van der Waals surface area contributed by atoms with Crippen molar-refractivity contribution < 1.29 is 14.4 Å². The topological polar surface area (TPSA) is 82.6 Å². The van der Waals surface area contributed by atoms with E-state index < -0.39 is 5.54 Å². The van der Waals surface area contributed by atoms with Crippen LogP contribution in [-0.4, -0.2) is 45.9 Å². The molecule has 4 rings (SSSR count). The van der Waals surface area contributed by atoms with Gasteiger partial charge in [0.25, 0.3) is 5.91 Å². The molecule has 1 saturated heterocycles. The van der Waals surface area contributed by atoms with Crippen LogP contribution in [0.15, 0.2) is 24.3 Å². The lowest BCUT2D eigenvalue weighted by molar-refractivity contribution is -0.131. The van der Waals surface area contributed by atoms with Crippen molar-refractivity contribution in [3.05, 3.63) is 24.3 Å². The second kappa shape index (κ2) is 7.74. The van der Waals surface area contributed by atoms with Crippen LogP contribution in [0, 0.1) is 0 Å². The third-order valence-corrected chi connectivity index (χ3v) is 7.08. The maximum atomic E-state index is 13.1. The number of nitrogens with zero attached hydrogens (tertiary/aromatic N) is 3. The zero-order valence-corrected chi connectivity index (χ0v) is 17.6. The van der Waals surface area contributed by atoms with Gasteiger partial charge >= 0.3 is 6.03 Å². The summed E-state index contributed by atoms with van der Waals surface area (Å²) in [7, 11) is 0. The van der Waals surface area contributed by atoms with Crippen LogP contribution in [0.5, 0.6) is 0 Å². The summed E-state index contributed by atoms with van der Waals surface area (Å²) in [6.45, 7) is 4.12. The fourth-order valence-electron chi connectivity index (χ4n) is 4.21. The zero-order valence-electron chi connectivity index (χ0n) is 16.8. The average molecular weight is 415 g/mol. The summed E-state index contributed by atoms with van der Waals surface area (Å²) in [5.74, 6) is -0.297. The summed E-state index contributed by atoms with van der Waals surface area (Å²) >= 11 is 1.49. The molecule has 8 heteroatoms. The van der Waals surface area contributed by atoms with Gasteiger partial charge in [-0.2, -0.15) is 0 Å². The molecule has 1 aliphatic carbocycles. The number of hydrogen-bond donors (Lipinski definition) is 1. The minimum absolute atomic E-state index is 0.0210. The van der Waals surface area contributed by atoms with E-state index in [1.807, 2.05) is 38.1 Å². The highest BCUT2D eigenvalue weighted by Crippen LogP contribution is 2.35. The van der Waals surface area contributed by atoms with Crippen LogP contribution < -0.4 is 10.2 Å². The molecule has 1 aromatic carbocycles. The first-order valence-corrected chi connectivity index (χ1v) is 11.1. The van der Waals surface area contributed by atoms with Crippen LogP contribution in [0.1, 0.15) is 52.4 Å². The average Bonchev–Trinajstić information content (AvgIpc) is 3.40. The van der Waals surface area contributed by atoms with Crippen LogP contribution in [0.25, 0.3) is 10.2 Å². The summed E-state index contributed by atoms with van der Waals surface area (Å²) in [6.07, 6.45) is 4.14. The number of thiazole rings is 1. The van der Waals surface area contributed by atoms with Crippen molar-refractivity contribution >= 4 is 44.5 Å². The Balaban J connectivity index is 1.50. The Kier molecular flexibility index (Phi) is 5.29. The Morgan fingerprint density at radius 3 is 2.72 bits per heavy atom. The largest absolute Gasteiger partial charge is 0.325 e. The summed E-state index contributed by atoms with van der Waals surface area (Å²) in [5.41, 5.74) is 0.134. The minimum atomic E-state index is -0.733. The summed E-state index contributed by atoms with van der Waals surface area (Å²) in [5, 5.41) is 3.53. The van der Waals surface area contributed by atoms with E-state index in [9.17, 15) is 14.4 Å². The molecule has 154 valence electrons. The van der Waals surface area contributed by atoms with Crippen LogP contribution in [0.3, 0.4) is 0 Å². The second-order valence-electron chi connectivity index (χ2n) is 7.91. The van der Waals surface area contributed by atoms with Gasteiger partial charge in [-0.3, -0.25) is 19.4 Å². The number of benzene rings is 1.